The number of hydrogen-bond donors (Lipinski definition) is 2. The average Bonchev–Trinajstić information content (AvgIpc) is 3.17. The number of carbonyl (C=O) groups excluding carboxylic acids is 2. The van der Waals surface area contributed by atoms with E-state index >= 15 is 0 Å². The van der Waals surface area contributed by atoms with Crippen molar-refractivity contribution in [3.8, 4) is 0 Å². The summed E-state index contributed by atoms with van der Waals surface area (Å²) < 4.78 is 1.92. The lowest BCUT2D eigenvalue weighted by atomic mass is 10.1. The summed E-state index contributed by atoms with van der Waals surface area (Å²) in [5.74, 6) is 0.617. The highest BCUT2D eigenvalue weighted by Gasteiger charge is 2.20. The Labute approximate surface area is 186 Å². The first-order valence-corrected chi connectivity index (χ1v) is 11.2. The Kier molecular flexibility index (Phi) is 7.46. The number of rotatable bonds is 8. The number of aryl methyl sites for hydroxylation is 2. The summed E-state index contributed by atoms with van der Waals surface area (Å²) in [6.45, 7) is 8.41. The Morgan fingerprint density at radius 3 is 2.45 bits per heavy atom. The summed E-state index contributed by atoms with van der Waals surface area (Å²) >= 11 is 1.32. The van der Waals surface area contributed by atoms with Gasteiger partial charge in [0.2, 0.25) is 5.91 Å². The number of anilines is 1. The number of aromatic nitrogens is 3. The van der Waals surface area contributed by atoms with Gasteiger partial charge in [0, 0.05) is 17.8 Å². The fourth-order valence-corrected chi connectivity index (χ4v) is 3.96. The Hall–Kier alpha value is -3.13. The minimum atomic E-state index is -0.324. The topological polar surface area (TPSA) is 88.9 Å². The van der Waals surface area contributed by atoms with Crippen molar-refractivity contribution in [1.29, 1.82) is 0 Å². The molecule has 162 valence electrons. The van der Waals surface area contributed by atoms with E-state index in [1.54, 1.807) is 6.07 Å². The van der Waals surface area contributed by atoms with Crippen LogP contribution in [-0.4, -0.2) is 32.3 Å². The van der Waals surface area contributed by atoms with E-state index in [1.807, 2.05) is 74.7 Å². The van der Waals surface area contributed by atoms with Gasteiger partial charge in [-0.2, -0.15) is 0 Å². The van der Waals surface area contributed by atoms with Gasteiger partial charge in [-0.05, 0) is 51.5 Å². The molecule has 1 heterocycles. The van der Waals surface area contributed by atoms with Crippen molar-refractivity contribution in [3.05, 3.63) is 71.0 Å². The molecule has 2 amide bonds. The fraction of sp³-hybridized carbons (Fsp3) is 0.304. The number of carbonyl (C=O) groups is 2. The van der Waals surface area contributed by atoms with Crippen molar-refractivity contribution >= 4 is 29.3 Å². The summed E-state index contributed by atoms with van der Waals surface area (Å²) in [4.78, 5) is 24.9. The maximum atomic E-state index is 12.6. The maximum Gasteiger partial charge on any atom is 0.252 e. The normalized spacial score (nSPS) is 11.7. The highest BCUT2D eigenvalue weighted by Crippen LogP contribution is 2.21. The quantitative estimate of drug-likeness (QED) is 0.517. The Morgan fingerprint density at radius 2 is 1.77 bits per heavy atom. The molecule has 1 aromatic heterocycles. The zero-order chi connectivity index (χ0) is 22.4. The Bertz CT molecular complexity index is 1060. The molecule has 0 radical (unpaired) electrons. The zero-order valence-electron chi connectivity index (χ0n) is 18.2. The first kappa shape index (κ1) is 22.6. The average molecular weight is 438 g/mol. The molecule has 7 nitrogen and oxygen atoms in total. The molecule has 8 heteroatoms. The molecule has 0 aliphatic heterocycles. The van der Waals surface area contributed by atoms with Crippen molar-refractivity contribution in [2.75, 3.05) is 11.1 Å². The molecule has 3 rings (SSSR count). The second kappa shape index (κ2) is 10.3. The number of nitrogens with zero attached hydrogens (tertiary/aromatic N) is 3. The molecule has 1 atom stereocenters. The fourth-order valence-electron chi connectivity index (χ4n) is 3.16. The molecule has 3 aromatic rings. The molecular weight excluding hydrogens is 410 g/mol. The number of hydrogen-bond acceptors (Lipinski definition) is 5. The van der Waals surface area contributed by atoms with Gasteiger partial charge in [0.1, 0.15) is 0 Å². The molecular formula is C23H27N5O2S. The molecule has 2 aromatic carbocycles. The van der Waals surface area contributed by atoms with Crippen LogP contribution in [0.3, 0.4) is 0 Å². The minimum Gasteiger partial charge on any atom is -0.342 e. The monoisotopic (exact) mass is 437 g/mol. The highest BCUT2D eigenvalue weighted by molar-refractivity contribution is 7.99. The van der Waals surface area contributed by atoms with Gasteiger partial charge >= 0.3 is 0 Å². The van der Waals surface area contributed by atoms with Crippen LogP contribution in [0.15, 0.2) is 53.7 Å². The van der Waals surface area contributed by atoms with Crippen molar-refractivity contribution in [3.63, 3.8) is 0 Å². The molecule has 0 aliphatic carbocycles. The number of thioether (sulfide) groups is 1. The summed E-state index contributed by atoms with van der Waals surface area (Å²) in [6, 6.07) is 14.8. The van der Waals surface area contributed by atoms with E-state index in [0.29, 0.717) is 23.1 Å². The summed E-state index contributed by atoms with van der Waals surface area (Å²) in [5.41, 5.74) is 3.46. The standard InChI is InChI=1S/C23H27N5O2S/c1-5-28-21(17(4)24-22(30)19-9-7-6-8-16(19)3)26-27-23(28)31-14-20(29)25-18-12-10-15(2)11-13-18/h6-13,17H,5,14H2,1-4H3,(H,24,30)(H,25,29)/t17-/m1/s1. The molecule has 0 spiro atoms. The van der Waals surface area contributed by atoms with Crippen LogP contribution < -0.4 is 10.6 Å². The maximum absolute atomic E-state index is 12.6. The summed E-state index contributed by atoms with van der Waals surface area (Å²) in [6.07, 6.45) is 0. The first-order chi connectivity index (χ1) is 14.9. The van der Waals surface area contributed by atoms with Crippen LogP contribution >= 0.6 is 11.8 Å². The van der Waals surface area contributed by atoms with Gasteiger partial charge in [-0.3, -0.25) is 9.59 Å². The number of nitrogens with one attached hydrogen (secondary N) is 2. The van der Waals surface area contributed by atoms with Gasteiger partial charge in [-0.1, -0.05) is 47.7 Å². The van der Waals surface area contributed by atoms with Gasteiger partial charge in [0.15, 0.2) is 11.0 Å². The van der Waals surface area contributed by atoms with E-state index < -0.39 is 0 Å². The Balaban J connectivity index is 1.63. The van der Waals surface area contributed by atoms with Crippen molar-refractivity contribution < 1.29 is 9.59 Å². The molecule has 0 saturated carbocycles. The number of amides is 2. The van der Waals surface area contributed by atoms with Gasteiger partial charge in [-0.25, -0.2) is 0 Å². The van der Waals surface area contributed by atoms with Gasteiger partial charge in [0.25, 0.3) is 5.91 Å². The van der Waals surface area contributed by atoms with Crippen molar-refractivity contribution in [1.82, 2.24) is 20.1 Å². The predicted octanol–water partition coefficient (Wildman–Crippen LogP) is 4.14. The van der Waals surface area contributed by atoms with Crippen LogP contribution in [0.2, 0.25) is 0 Å². The summed E-state index contributed by atoms with van der Waals surface area (Å²) in [5, 5.41) is 15.0. The molecule has 0 fully saturated rings. The predicted molar refractivity (Wildman–Crippen MR) is 123 cm³/mol. The lowest BCUT2D eigenvalue weighted by molar-refractivity contribution is -0.113. The van der Waals surface area contributed by atoms with Crippen LogP contribution in [0, 0.1) is 13.8 Å². The highest BCUT2D eigenvalue weighted by atomic mass is 32.2. The second-order valence-electron chi connectivity index (χ2n) is 7.30. The van der Waals surface area contributed by atoms with E-state index in [4.69, 9.17) is 0 Å². The summed E-state index contributed by atoms with van der Waals surface area (Å²) in [7, 11) is 0. The minimum absolute atomic E-state index is 0.109. The number of benzene rings is 2. The van der Waals surface area contributed by atoms with E-state index in [1.165, 1.54) is 11.8 Å². The van der Waals surface area contributed by atoms with Crippen LogP contribution in [0.5, 0.6) is 0 Å². The van der Waals surface area contributed by atoms with Crippen molar-refractivity contribution in [2.24, 2.45) is 0 Å². The largest absolute Gasteiger partial charge is 0.342 e. The van der Waals surface area contributed by atoms with E-state index in [-0.39, 0.29) is 23.6 Å². The molecule has 0 aliphatic rings. The lowest BCUT2D eigenvalue weighted by Gasteiger charge is -2.16. The van der Waals surface area contributed by atoms with E-state index in [9.17, 15) is 9.59 Å². The second-order valence-corrected chi connectivity index (χ2v) is 8.24. The van der Waals surface area contributed by atoms with Gasteiger partial charge in [0.05, 0.1) is 11.8 Å². The molecule has 0 bridgehead atoms. The third kappa shape index (κ3) is 5.73. The van der Waals surface area contributed by atoms with Crippen LogP contribution in [0.25, 0.3) is 0 Å². The van der Waals surface area contributed by atoms with E-state index in [2.05, 4.69) is 20.8 Å². The Morgan fingerprint density at radius 1 is 1.06 bits per heavy atom. The molecule has 2 N–H and O–H groups in total. The molecule has 0 saturated heterocycles. The third-order valence-electron chi connectivity index (χ3n) is 4.85. The van der Waals surface area contributed by atoms with Crippen LogP contribution in [0.1, 0.15) is 47.2 Å². The SMILES string of the molecule is CCn1c(SCC(=O)Nc2ccc(C)cc2)nnc1[C@@H](C)NC(=O)c1ccccc1C. The van der Waals surface area contributed by atoms with E-state index in [0.717, 1.165) is 16.8 Å². The van der Waals surface area contributed by atoms with Gasteiger partial charge in [-0.15, -0.1) is 10.2 Å². The smallest absolute Gasteiger partial charge is 0.252 e. The lowest BCUT2D eigenvalue weighted by Crippen LogP contribution is -2.29. The molecule has 31 heavy (non-hydrogen) atoms. The first-order valence-electron chi connectivity index (χ1n) is 10.2. The third-order valence-corrected chi connectivity index (χ3v) is 5.82. The van der Waals surface area contributed by atoms with Crippen LogP contribution in [-0.2, 0) is 11.3 Å². The van der Waals surface area contributed by atoms with Crippen LogP contribution in [0.4, 0.5) is 5.69 Å². The zero-order valence-corrected chi connectivity index (χ0v) is 19.0. The molecule has 0 unspecified atom stereocenters. The van der Waals surface area contributed by atoms with Crippen molar-refractivity contribution in [2.45, 2.75) is 45.4 Å². The van der Waals surface area contributed by atoms with Gasteiger partial charge < -0.3 is 15.2 Å².